The second-order valence-corrected chi connectivity index (χ2v) is 7.73. The first kappa shape index (κ1) is 19.7. The van der Waals surface area contributed by atoms with Crippen LogP contribution in [0.4, 0.5) is 0 Å². The van der Waals surface area contributed by atoms with Gasteiger partial charge in [0.25, 0.3) is 0 Å². The molecular formula is C18H27BrN2O2. The molecule has 0 spiro atoms. The Labute approximate surface area is 147 Å². The van der Waals surface area contributed by atoms with Crippen molar-refractivity contribution in [3.63, 3.8) is 0 Å². The third-order valence-electron chi connectivity index (χ3n) is 3.37. The van der Waals surface area contributed by atoms with Crippen LogP contribution in [0.25, 0.3) is 0 Å². The molecule has 1 aromatic carbocycles. The number of rotatable bonds is 6. The zero-order chi connectivity index (χ0) is 17.6. The first-order valence-corrected chi connectivity index (χ1v) is 8.79. The summed E-state index contributed by atoms with van der Waals surface area (Å²) in [7, 11) is 0. The van der Waals surface area contributed by atoms with E-state index >= 15 is 0 Å². The Morgan fingerprint density at radius 1 is 1.30 bits per heavy atom. The fraction of sp³-hybridized carbons (Fsp3) is 0.556. The summed E-state index contributed by atoms with van der Waals surface area (Å²) in [6.07, 6.45) is 1.21. The topological polar surface area (TPSA) is 49.4 Å². The Bertz CT molecular complexity index is 552. The van der Waals surface area contributed by atoms with E-state index < -0.39 is 6.04 Å². The summed E-state index contributed by atoms with van der Waals surface area (Å²) < 4.78 is 0.963. The summed E-state index contributed by atoms with van der Waals surface area (Å²) in [5, 5.41) is 2.95. The number of nitrogens with one attached hydrogen (secondary N) is 1. The molecule has 0 heterocycles. The minimum absolute atomic E-state index is 0.00374. The van der Waals surface area contributed by atoms with Crippen molar-refractivity contribution < 1.29 is 9.59 Å². The number of carbonyl (C=O) groups excluding carboxylic acids is 2. The fourth-order valence-corrected chi connectivity index (χ4v) is 2.69. The normalized spacial score (nSPS) is 12.6. The molecule has 128 valence electrons. The molecule has 0 fully saturated rings. The molecule has 1 atom stereocenters. The molecule has 1 N–H and O–H groups in total. The van der Waals surface area contributed by atoms with E-state index in [1.807, 2.05) is 52.0 Å². The number of nitrogens with zero attached hydrogens (tertiary/aromatic N) is 1. The van der Waals surface area contributed by atoms with E-state index in [9.17, 15) is 9.59 Å². The van der Waals surface area contributed by atoms with Crippen LogP contribution in [0.2, 0.25) is 0 Å². The minimum atomic E-state index is -0.507. The van der Waals surface area contributed by atoms with Crippen molar-refractivity contribution in [2.75, 3.05) is 0 Å². The van der Waals surface area contributed by atoms with Crippen LogP contribution in [0.3, 0.4) is 0 Å². The average molecular weight is 383 g/mol. The predicted molar refractivity (Wildman–Crippen MR) is 97.0 cm³/mol. The molecule has 0 aliphatic carbocycles. The van der Waals surface area contributed by atoms with Gasteiger partial charge in [0.15, 0.2) is 0 Å². The zero-order valence-corrected chi connectivity index (χ0v) is 16.2. The van der Waals surface area contributed by atoms with Gasteiger partial charge in [-0.15, -0.1) is 0 Å². The molecule has 0 saturated heterocycles. The van der Waals surface area contributed by atoms with Crippen LogP contribution in [0.1, 0.15) is 53.0 Å². The summed E-state index contributed by atoms with van der Waals surface area (Å²) in [4.78, 5) is 26.6. The van der Waals surface area contributed by atoms with Gasteiger partial charge in [0.1, 0.15) is 6.04 Å². The molecule has 0 aromatic heterocycles. The van der Waals surface area contributed by atoms with Crippen molar-refractivity contribution in [3.8, 4) is 0 Å². The Morgan fingerprint density at radius 2 is 1.96 bits per heavy atom. The van der Waals surface area contributed by atoms with E-state index in [-0.39, 0.29) is 17.4 Å². The Kier molecular flexibility index (Phi) is 7.26. The third-order valence-corrected chi connectivity index (χ3v) is 3.86. The summed E-state index contributed by atoms with van der Waals surface area (Å²) in [6.45, 7) is 9.98. The Balaban J connectivity index is 2.95. The average Bonchev–Trinajstić information content (AvgIpc) is 2.42. The Morgan fingerprint density at radius 3 is 2.48 bits per heavy atom. The molecule has 2 amide bonds. The van der Waals surface area contributed by atoms with Gasteiger partial charge in [-0.2, -0.15) is 0 Å². The molecule has 0 aliphatic rings. The van der Waals surface area contributed by atoms with Crippen molar-refractivity contribution in [2.24, 2.45) is 0 Å². The molecule has 5 heteroatoms. The van der Waals surface area contributed by atoms with Gasteiger partial charge in [-0.25, -0.2) is 0 Å². The lowest BCUT2D eigenvalue weighted by atomic mass is 10.1. The van der Waals surface area contributed by atoms with Crippen LogP contribution in [-0.2, 0) is 16.1 Å². The summed E-state index contributed by atoms with van der Waals surface area (Å²) in [5.74, 6) is -0.124. The van der Waals surface area contributed by atoms with E-state index in [4.69, 9.17) is 0 Å². The lowest BCUT2D eigenvalue weighted by Gasteiger charge is -2.31. The largest absolute Gasteiger partial charge is 0.350 e. The standard InChI is InChI=1S/C18H27BrN2O2/c1-6-8-16(22)21(12-14-9-7-10-15(19)11-14)13(2)17(23)20-18(3,4)5/h7,9-11,13H,6,8,12H2,1-5H3,(H,20,23). The minimum Gasteiger partial charge on any atom is -0.350 e. The fourth-order valence-electron chi connectivity index (χ4n) is 2.25. The highest BCUT2D eigenvalue weighted by Crippen LogP contribution is 2.16. The molecular weight excluding hydrogens is 356 g/mol. The van der Waals surface area contributed by atoms with Gasteiger partial charge in [0, 0.05) is 23.0 Å². The van der Waals surface area contributed by atoms with Gasteiger partial charge >= 0.3 is 0 Å². The molecule has 0 aliphatic heterocycles. The predicted octanol–water partition coefficient (Wildman–Crippen LogP) is 3.88. The van der Waals surface area contributed by atoms with Crippen LogP contribution >= 0.6 is 15.9 Å². The SMILES string of the molecule is CCCC(=O)N(Cc1cccc(Br)c1)C(C)C(=O)NC(C)(C)C. The number of benzene rings is 1. The third kappa shape index (κ3) is 6.73. The van der Waals surface area contributed by atoms with Crippen molar-refractivity contribution in [1.82, 2.24) is 10.2 Å². The number of carbonyl (C=O) groups is 2. The molecule has 0 saturated carbocycles. The van der Waals surface area contributed by atoms with Gasteiger partial charge in [0.2, 0.25) is 11.8 Å². The highest BCUT2D eigenvalue weighted by atomic mass is 79.9. The summed E-state index contributed by atoms with van der Waals surface area (Å²) in [5.41, 5.74) is 0.680. The lowest BCUT2D eigenvalue weighted by molar-refractivity contribution is -0.141. The van der Waals surface area contributed by atoms with Crippen LogP contribution < -0.4 is 5.32 Å². The van der Waals surface area contributed by atoms with Crippen LogP contribution in [0.5, 0.6) is 0 Å². The summed E-state index contributed by atoms with van der Waals surface area (Å²) in [6, 6.07) is 7.30. The maximum atomic E-state index is 12.5. The number of hydrogen-bond acceptors (Lipinski definition) is 2. The lowest BCUT2D eigenvalue weighted by Crippen LogP contribution is -2.52. The van der Waals surface area contributed by atoms with E-state index in [1.54, 1.807) is 11.8 Å². The van der Waals surface area contributed by atoms with Crippen molar-refractivity contribution >= 4 is 27.7 Å². The van der Waals surface area contributed by atoms with E-state index in [1.165, 1.54) is 0 Å². The first-order valence-electron chi connectivity index (χ1n) is 8.00. The quantitative estimate of drug-likeness (QED) is 0.811. The monoisotopic (exact) mass is 382 g/mol. The summed E-state index contributed by atoms with van der Waals surface area (Å²) >= 11 is 3.44. The molecule has 1 unspecified atom stereocenters. The molecule has 0 bridgehead atoms. The molecule has 1 aromatic rings. The van der Waals surface area contributed by atoms with Crippen molar-refractivity contribution in [2.45, 2.75) is 65.6 Å². The molecule has 0 radical (unpaired) electrons. The van der Waals surface area contributed by atoms with Crippen LogP contribution in [-0.4, -0.2) is 28.3 Å². The van der Waals surface area contributed by atoms with E-state index in [2.05, 4.69) is 21.2 Å². The van der Waals surface area contributed by atoms with Crippen molar-refractivity contribution in [1.29, 1.82) is 0 Å². The first-order chi connectivity index (χ1) is 10.6. The highest BCUT2D eigenvalue weighted by Gasteiger charge is 2.27. The van der Waals surface area contributed by atoms with Gasteiger partial charge in [-0.3, -0.25) is 9.59 Å². The molecule has 1 rings (SSSR count). The van der Waals surface area contributed by atoms with E-state index in [0.29, 0.717) is 13.0 Å². The van der Waals surface area contributed by atoms with Crippen molar-refractivity contribution in [3.05, 3.63) is 34.3 Å². The second kappa shape index (κ2) is 8.48. The maximum absolute atomic E-state index is 12.5. The number of amides is 2. The molecule has 23 heavy (non-hydrogen) atoms. The van der Waals surface area contributed by atoms with Gasteiger partial charge in [0.05, 0.1) is 0 Å². The second-order valence-electron chi connectivity index (χ2n) is 6.82. The van der Waals surface area contributed by atoms with Gasteiger partial charge < -0.3 is 10.2 Å². The van der Waals surface area contributed by atoms with Gasteiger partial charge in [-0.1, -0.05) is 35.0 Å². The number of hydrogen-bond donors (Lipinski definition) is 1. The zero-order valence-electron chi connectivity index (χ0n) is 14.6. The smallest absolute Gasteiger partial charge is 0.242 e. The van der Waals surface area contributed by atoms with Crippen LogP contribution in [0, 0.1) is 0 Å². The molecule has 4 nitrogen and oxygen atoms in total. The highest BCUT2D eigenvalue weighted by molar-refractivity contribution is 9.10. The Hall–Kier alpha value is -1.36. The maximum Gasteiger partial charge on any atom is 0.242 e. The van der Waals surface area contributed by atoms with Gasteiger partial charge in [-0.05, 0) is 51.8 Å². The number of halogens is 1. The van der Waals surface area contributed by atoms with E-state index in [0.717, 1.165) is 16.5 Å². The van der Waals surface area contributed by atoms with Crippen LogP contribution in [0.15, 0.2) is 28.7 Å².